The van der Waals surface area contributed by atoms with E-state index in [1.807, 2.05) is 37.3 Å². The van der Waals surface area contributed by atoms with Gasteiger partial charge in [0.2, 0.25) is 5.91 Å². The number of H-pyrrole nitrogens is 1. The number of hydrogen-bond acceptors (Lipinski definition) is 5. The second-order valence-corrected chi connectivity index (χ2v) is 7.54. The Kier molecular flexibility index (Phi) is 4.98. The van der Waals surface area contributed by atoms with Crippen LogP contribution in [0.5, 0.6) is 0 Å². The molecule has 0 bridgehead atoms. The van der Waals surface area contributed by atoms with E-state index in [9.17, 15) is 14.4 Å². The number of para-hydroxylation sites is 2. The van der Waals surface area contributed by atoms with Crippen molar-refractivity contribution in [2.45, 2.75) is 24.0 Å². The van der Waals surface area contributed by atoms with Crippen molar-refractivity contribution in [3.8, 4) is 0 Å². The molecule has 2 aromatic carbocycles. The van der Waals surface area contributed by atoms with E-state index < -0.39 is 23.4 Å². The van der Waals surface area contributed by atoms with Crippen LogP contribution in [0.2, 0.25) is 0 Å². The van der Waals surface area contributed by atoms with E-state index in [1.54, 1.807) is 24.3 Å². The van der Waals surface area contributed by atoms with Gasteiger partial charge in [0.25, 0.3) is 5.91 Å². The monoisotopic (exact) mass is 409 g/mol. The number of imide groups is 1. The molecule has 0 saturated carbocycles. The third-order valence-corrected chi connectivity index (χ3v) is 5.71. The predicted octanol–water partition coefficient (Wildman–Crippen LogP) is 2.54. The van der Waals surface area contributed by atoms with Crippen LogP contribution in [0.25, 0.3) is 11.0 Å². The Balaban J connectivity index is 1.44. The van der Waals surface area contributed by atoms with E-state index in [1.165, 1.54) is 11.8 Å². The average Bonchev–Trinajstić information content (AvgIpc) is 3.27. The van der Waals surface area contributed by atoms with Gasteiger partial charge < -0.3 is 10.3 Å². The fourth-order valence-corrected chi connectivity index (χ4v) is 4.00. The molecule has 4 amide bonds. The van der Waals surface area contributed by atoms with Crippen molar-refractivity contribution >= 4 is 40.6 Å². The first-order chi connectivity index (χ1) is 14.0. The number of aromatic nitrogens is 2. The molecule has 29 heavy (non-hydrogen) atoms. The Morgan fingerprint density at radius 2 is 1.86 bits per heavy atom. The zero-order valence-electron chi connectivity index (χ0n) is 15.6. The summed E-state index contributed by atoms with van der Waals surface area (Å²) in [6.45, 7) is 1.81. The van der Waals surface area contributed by atoms with E-state index in [4.69, 9.17) is 0 Å². The predicted molar refractivity (Wildman–Crippen MR) is 109 cm³/mol. The standard InChI is InChI=1S/C20H19N5O3S/c1-2-20(13-8-4-3-5-9-13)17(27)25(19(28)23-20)24-16(26)12-29-18-21-14-10-6-7-11-15(14)22-18/h3-11H,2,12H2,1H3,(H,21,22)(H,23,28)(H,24,26). The van der Waals surface area contributed by atoms with Crippen LogP contribution in [-0.4, -0.2) is 38.6 Å². The topological polar surface area (TPSA) is 107 Å². The fraction of sp³-hybridized carbons (Fsp3) is 0.200. The van der Waals surface area contributed by atoms with Crippen molar-refractivity contribution in [2.75, 3.05) is 5.75 Å². The molecule has 0 aliphatic carbocycles. The van der Waals surface area contributed by atoms with E-state index >= 15 is 0 Å². The van der Waals surface area contributed by atoms with Gasteiger partial charge in [-0.2, -0.15) is 5.01 Å². The smallest absolute Gasteiger partial charge is 0.333 e. The van der Waals surface area contributed by atoms with Gasteiger partial charge in [-0.05, 0) is 24.1 Å². The highest BCUT2D eigenvalue weighted by atomic mass is 32.2. The molecule has 3 N–H and O–H groups in total. The Morgan fingerprint density at radius 3 is 2.59 bits per heavy atom. The molecular weight excluding hydrogens is 390 g/mol. The lowest BCUT2D eigenvalue weighted by Gasteiger charge is -2.25. The largest absolute Gasteiger partial charge is 0.344 e. The molecule has 0 spiro atoms. The van der Waals surface area contributed by atoms with Crippen molar-refractivity contribution in [2.24, 2.45) is 0 Å². The minimum atomic E-state index is -1.18. The van der Waals surface area contributed by atoms with Crippen LogP contribution >= 0.6 is 11.8 Å². The van der Waals surface area contributed by atoms with Gasteiger partial charge in [0.15, 0.2) is 5.16 Å². The molecule has 1 atom stereocenters. The number of imidazole rings is 1. The maximum atomic E-state index is 13.0. The van der Waals surface area contributed by atoms with Gasteiger partial charge in [0, 0.05) is 0 Å². The minimum Gasteiger partial charge on any atom is -0.333 e. The summed E-state index contributed by atoms with van der Waals surface area (Å²) in [7, 11) is 0. The lowest BCUT2D eigenvalue weighted by atomic mass is 9.87. The first kappa shape index (κ1) is 19.0. The van der Waals surface area contributed by atoms with E-state index in [-0.39, 0.29) is 5.75 Å². The highest BCUT2D eigenvalue weighted by Gasteiger charge is 2.52. The highest BCUT2D eigenvalue weighted by molar-refractivity contribution is 7.99. The molecule has 4 rings (SSSR count). The number of carbonyl (C=O) groups is 3. The maximum Gasteiger partial charge on any atom is 0.344 e. The van der Waals surface area contributed by atoms with Crippen molar-refractivity contribution in [3.63, 3.8) is 0 Å². The van der Waals surface area contributed by atoms with Crippen molar-refractivity contribution in [1.29, 1.82) is 0 Å². The summed E-state index contributed by atoms with van der Waals surface area (Å²) >= 11 is 1.19. The number of rotatable bonds is 6. The van der Waals surface area contributed by atoms with Gasteiger partial charge in [0.05, 0.1) is 16.8 Å². The van der Waals surface area contributed by atoms with Crippen LogP contribution in [0.15, 0.2) is 59.8 Å². The molecule has 148 valence electrons. The summed E-state index contributed by atoms with van der Waals surface area (Å²) in [4.78, 5) is 45.3. The van der Waals surface area contributed by atoms with Gasteiger partial charge in [-0.25, -0.2) is 9.78 Å². The third-order valence-electron chi connectivity index (χ3n) is 4.83. The molecule has 2 heterocycles. The molecule has 0 radical (unpaired) electrons. The Labute approximate surface area is 171 Å². The highest BCUT2D eigenvalue weighted by Crippen LogP contribution is 2.31. The molecule has 1 aliphatic heterocycles. The van der Waals surface area contributed by atoms with Gasteiger partial charge in [-0.15, -0.1) is 0 Å². The van der Waals surface area contributed by atoms with E-state index in [2.05, 4.69) is 20.7 Å². The number of thioether (sulfide) groups is 1. The molecule has 3 aromatic rings. The summed E-state index contributed by atoms with van der Waals surface area (Å²) in [5.41, 5.74) is 3.58. The number of hydrogen-bond donors (Lipinski definition) is 3. The normalized spacial score (nSPS) is 18.9. The second-order valence-electron chi connectivity index (χ2n) is 6.58. The van der Waals surface area contributed by atoms with Gasteiger partial charge in [0.1, 0.15) is 5.54 Å². The quantitative estimate of drug-likeness (QED) is 0.428. The van der Waals surface area contributed by atoms with Crippen LogP contribution in [0.4, 0.5) is 4.79 Å². The van der Waals surface area contributed by atoms with Crippen molar-refractivity contribution < 1.29 is 14.4 Å². The van der Waals surface area contributed by atoms with Crippen molar-refractivity contribution in [1.82, 2.24) is 25.7 Å². The fourth-order valence-electron chi connectivity index (χ4n) is 3.33. The number of benzene rings is 2. The zero-order chi connectivity index (χ0) is 20.4. The van der Waals surface area contributed by atoms with Gasteiger partial charge in [-0.1, -0.05) is 61.2 Å². The molecule has 1 aromatic heterocycles. The number of hydrazine groups is 1. The summed E-state index contributed by atoms with van der Waals surface area (Å²) in [6.07, 6.45) is 0.363. The Hall–Kier alpha value is -3.33. The van der Waals surface area contributed by atoms with Gasteiger partial charge >= 0.3 is 6.03 Å². The zero-order valence-corrected chi connectivity index (χ0v) is 16.5. The second kappa shape index (κ2) is 7.59. The lowest BCUT2D eigenvalue weighted by molar-refractivity contribution is -0.138. The summed E-state index contributed by atoms with van der Waals surface area (Å²) < 4.78 is 0. The number of nitrogens with zero attached hydrogens (tertiary/aromatic N) is 2. The number of urea groups is 1. The minimum absolute atomic E-state index is 0.00133. The number of fused-ring (bicyclic) bond motifs is 1. The molecule has 1 aliphatic rings. The van der Waals surface area contributed by atoms with Crippen LogP contribution in [0.1, 0.15) is 18.9 Å². The Morgan fingerprint density at radius 1 is 1.14 bits per heavy atom. The number of nitrogens with one attached hydrogen (secondary N) is 3. The first-order valence-electron chi connectivity index (χ1n) is 9.13. The molecule has 1 fully saturated rings. The molecular formula is C20H19N5O3S. The van der Waals surface area contributed by atoms with Crippen molar-refractivity contribution in [3.05, 3.63) is 60.2 Å². The lowest BCUT2D eigenvalue weighted by Crippen LogP contribution is -2.49. The molecule has 9 heteroatoms. The summed E-state index contributed by atoms with van der Waals surface area (Å²) in [5.74, 6) is -0.973. The summed E-state index contributed by atoms with van der Waals surface area (Å²) in [6, 6.07) is 15.9. The van der Waals surface area contributed by atoms with Crippen LogP contribution in [0.3, 0.4) is 0 Å². The van der Waals surface area contributed by atoms with Crippen LogP contribution in [-0.2, 0) is 15.1 Å². The molecule has 1 unspecified atom stereocenters. The third kappa shape index (κ3) is 3.44. The number of aromatic amines is 1. The summed E-state index contributed by atoms with van der Waals surface area (Å²) in [5, 5.41) is 4.08. The average molecular weight is 409 g/mol. The van der Waals surface area contributed by atoms with Crippen LogP contribution < -0.4 is 10.7 Å². The first-order valence-corrected chi connectivity index (χ1v) is 10.1. The molecule has 8 nitrogen and oxygen atoms in total. The van der Waals surface area contributed by atoms with E-state index in [0.717, 1.165) is 16.0 Å². The Bertz CT molecular complexity index is 1050. The molecule has 1 saturated heterocycles. The number of carbonyl (C=O) groups excluding carboxylic acids is 3. The number of amides is 4. The van der Waals surface area contributed by atoms with Gasteiger partial charge in [-0.3, -0.25) is 15.0 Å². The maximum absolute atomic E-state index is 13.0. The SMILES string of the molecule is CCC1(c2ccccc2)NC(=O)N(NC(=O)CSc2nc3ccccc3[nH]2)C1=O. The van der Waals surface area contributed by atoms with Crippen LogP contribution in [0, 0.1) is 0 Å². The van der Waals surface area contributed by atoms with E-state index in [0.29, 0.717) is 17.1 Å².